The molecule has 0 saturated carbocycles. The molecular weight excluding hydrogens is 302 g/mol. The Morgan fingerprint density at radius 3 is 2.83 bits per heavy atom. The molecule has 0 aliphatic carbocycles. The van der Waals surface area contributed by atoms with E-state index >= 15 is 0 Å². The number of aliphatic hydroxyl groups excluding tert-OH is 1. The molecule has 0 aromatic carbocycles. The first-order chi connectivity index (χ1) is 8.31. The highest BCUT2D eigenvalue weighted by molar-refractivity contribution is 9.10. The van der Waals surface area contributed by atoms with E-state index in [9.17, 15) is 4.79 Å². The predicted octanol–water partition coefficient (Wildman–Crippen LogP) is 1.66. The van der Waals surface area contributed by atoms with Crippen LogP contribution in [0.25, 0.3) is 0 Å². The van der Waals surface area contributed by atoms with Crippen molar-refractivity contribution in [1.29, 1.82) is 0 Å². The number of nitrogens with one attached hydrogen (secondary N) is 1. The number of carbonyl (C=O) groups is 1. The standard InChI is InChI=1S/C11H18BrN3O3/c1-11(2,3)18-10(17)13-4-5-15-8(7-16)6-9(12)14-15/h6,16H,4-5,7H2,1-3H3,(H,13,17). The third kappa shape index (κ3) is 5.05. The monoisotopic (exact) mass is 319 g/mol. The molecule has 18 heavy (non-hydrogen) atoms. The molecule has 0 fully saturated rings. The molecule has 1 amide bonds. The third-order valence-corrected chi connectivity index (χ3v) is 2.37. The van der Waals surface area contributed by atoms with Crippen molar-refractivity contribution in [3.05, 3.63) is 16.4 Å². The Kier molecular flexibility index (Phi) is 5.15. The SMILES string of the molecule is CC(C)(C)OC(=O)NCCn1nc(Br)cc1CO. The summed E-state index contributed by atoms with van der Waals surface area (Å²) in [6, 6.07) is 1.73. The Bertz CT molecular complexity index is 412. The molecule has 0 aliphatic heterocycles. The predicted molar refractivity (Wildman–Crippen MR) is 70.1 cm³/mol. The first-order valence-electron chi connectivity index (χ1n) is 5.62. The highest BCUT2D eigenvalue weighted by Crippen LogP contribution is 2.10. The molecule has 1 aromatic rings. The second-order valence-corrected chi connectivity index (χ2v) is 5.58. The molecule has 0 atom stereocenters. The summed E-state index contributed by atoms with van der Waals surface area (Å²) < 4.78 is 7.38. The van der Waals surface area contributed by atoms with Crippen LogP contribution in [0.1, 0.15) is 26.5 Å². The van der Waals surface area contributed by atoms with Gasteiger partial charge in [0.15, 0.2) is 0 Å². The van der Waals surface area contributed by atoms with Gasteiger partial charge in [0.2, 0.25) is 0 Å². The van der Waals surface area contributed by atoms with Crippen molar-refractivity contribution in [2.45, 2.75) is 39.5 Å². The molecule has 0 unspecified atom stereocenters. The lowest BCUT2D eigenvalue weighted by molar-refractivity contribution is 0.0525. The van der Waals surface area contributed by atoms with E-state index in [0.29, 0.717) is 23.4 Å². The van der Waals surface area contributed by atoms with Crippen molar-refractivity contribution in [3.63, 3.8) is 0 Å². The van der Waals surface area contributed by atoms with E-state index < -0.39 is 11.7 Å². The van der Waals surface area contributed by atoms with Gasteiger partial charge in [-0.05, 0) is 42.8 Å². The molecule has 0 aliphatic rings. The third-order valence-electron chi connectivity index (χ3n) is 1.99. The zero-order valence-corrected chi connectivity index (χ0v) is 12.3. The number of carbonyl (C=O) groups excluding carboxylic acids is 1. The summed E-state index contributed by atoms with van der Waals surface area (Å²) in [6.45, 7) is 6.19. The fraction of sp³-hybridized carbons (Fsp3) is 0.636. The van der Waals surface area contributed by atoms with E-state index in [1.807, 2.05) is 0 Å². The number of nitrogens with zero attached hydrogens (tertiary/aromatic N) is 2. The molecule has 0 bridgehead atoms. The number of rotatable bonds is 4. The number of hydrogen-bond acceptors (Lipinski definition) is 4. The van der Waals surface area contributed by atoms with Crippen molar-refractivity contribution in [2.75, 3.05) is 6.54 Å². The Morgan fingerprint density at radius 2 is 2.28 bits per heavy atom. The fourth-order valence-electron chi connectivity index (χ4n) is 1.32. The van der Waals surface area contributed by atoms with Crippen LogP contribution in [0.5, 0.6) is 0 Å². The Balaban J connectivity index is 2.39. The van der Waals surface area contributed by atoms with E-state index in [0.717, 1.165) is 0 Å². The summed E-state index contributed by atoms with van der Waals surface area (Å²) in [5.74, 6) is 0. The van der Waals surface area contributed by atoms with Crippen LogP contribution in [-0.4, -0.2) is 33.1 Å². The normalized spacial score (nSPS) is 11.4. The summed E-state index contributed by atoms with van der Waals surface area (Å²) in [7, 11) is 0. The van der Waals surface area contributed by atoms with Gasteiger partial charge in [-0.2, -0.15) is 5.10 Å². The number of hydrogen-bond donors (Lipinski definition) is 2. The van der Waals surface area contributed by atoms with Crippen LogP contribution in [0.4, 0.5) is 4.79 Å². The summed E-state index contributed by atoms with van der Waals surface area (Å²) in [4.78, 5) is 11.4. The van der Waals surface area contributed by atoms with Gasteiger partial charge >= 0.3 is 6.09 Å². The topological polar surface area (TPSA) is 76.4 Å². The molecule has 0 radical (unpaired) electrons. The second-order valence-electron chi connectivity index (χ2n) is 4.77. The van der Waals surface area contributed by atoms with Crippen LogP contribution in [0, 0.1) is 0 Å². The van der Waals surface area contributed by atoms with Gasteiger partial charge in [0, 0.05) is 6.54 Å². The number of alkyl carbamates (subject to hydrolysis) is 1. The van der Waals surface area contributed by atoms with Crippen LogP contribution in [0.15, 0.2) is 10.7 Å². The molecule has 1 rings (SSSR count). The average Bonchev–Trinajstić information content (AvgIpc) is 2.56. The van der Waals surface area contributed by atoms with Crippen LogP contribution < -0.4 is 5.32 Å². The quantitative estimate of drug-likeness (QED) is 0.885. The lowest BCUT2D eigenvalue weighted by atomic mass is 10.2. The van der Waals surface area contributed by atoms with E-state index in [-0.39, 0.29) is 6.61 Å². The summed E-state index contributed by atoms with van der Waals surface area (Å²) in [5.41, 5.74) is 0.183. The molecule has 0 saturated heterocycles. The smallest absolute Gasteiger partial charge is 0.407 e. The Morgan fingerprint density at radius 1 is 1.61 bits per heavy atom. The largest absolute Gasteiger partial charge is 0.444 e. The Labute approximate surface area is 114 Å². The minimum Gasteiger partial charge on any atom is -0.444 e. The van der Waals surface area contributed by atoms with Gasteiger partial charge in [0.25, 0.3) is 0 Å². The van der Waals surface area contributed by atoms with E-state index in [4.69, 9.17) is 9.84 Å². The van der Waals surface area contributed by atoms with Gasteiger partial charge in [-0.1, -0.05) is 0 Å². The van der Waals surface area contributed by atoms with Crippen LogP contribution in [-0.2, 0) is 17.9 Å². The van der Waals surface area contributed by atoms with Crippen LogP contribution >= 0.6 is 15.9 Å². The number of aliphatic hydroxyl groups is 1. The molecular formula is C11H18BrN3O3. The number of ether oxygens (including phenoxy) is 1. The minimum absolute atomic E-state index is 0.0922. The van der Waals surface area contributed by atoms with Gasteiger partial charge in [-0.25, -0.2) is 4.79 Å². The summed E-state index contributed by atoms with van der Waals surface area (Å²) in [5, 5.41) is 15.9. The van der Waals surface area contributed by atoms with Crippen LogP contribution in [0.2, 0.25) is 0 Å². The van der Waals surface area contributed by atoms with E-state index in [1.165, 1.54) is 0 Å². The molecule has 1 aromatic heterocycles. The number of aromatic nitrogens is 2. The van der Waals surface area contributed by atoms with E-state index in [1.54, 1.807) is 31.5 Å². The van der Waals surface area contributed by atoms with Gasteiger partial charge < -0.3 is 15.2 Å². The van der Waals surface area contributed by atoms with Crippen molar-refractivity contribution in [2.24, 2.45) is 0 Å². The first-order valence-corrected chi connectivity index (χ1v) is 6.41. The number of amides is 1. The fourth-order valence-corrected chi connectivity index (χ4v) is 1.78. The highest BCUT2D eigenvalue weighted by Gasteiger charge is 2.15. The molecule has 102 valence electrons. The van der Waals surface area contributed by atoms with Crippen molar-refractivity contribution in [1.82, 2.24) is 15.1 Å². The van der Waals surface area contributed by atoms with Gasteiger partial charge in [-0.15, -0.1) is 0 Å². The van der Waals surface area contributed by atoms with Gasteiger partial charge in [0.05, 0.1) is 18.8 Å². The lowest BCUT2D eigenvalue weighted by Gasteiger charge is -2.19. The molecule has 6 nitrogen and oxygen atoms in total. The van der Waals surface area contributed by atoms with Crippen molar-refractivity contribution < 1.29 is 14.6 Å². The number of halogens is 1. The highest BCUT2D eigenvalue weighted by atomic mass is 79.9. The summed E-state index contributed by atoms with van der Waals surface area (Å²) >= 11 is 3.23. The van der Waals surface area contributed by atoms with Gasteiger partial charge in [0.1, 0.15) is 10.2 Å². The molecule has 2 N–H and O–H groups in total. The maximum absolute atomic E-state index is 11.4. The van der Waals surface area contributed by atoms with Crippen molar-refractivity contribution >= 4 is 22.0 Å². The first kappa shape index (κ1) is 15.0. The minimum atomic E-state index is -0.505. The van der Waals surface area contributed by atoms with Crippen LogP contribution in [0.3, 0.4) is 0 Å². The molecule has 0 spiro atoms. The van der Waals surface area contributed by atoms with Gasteiger partial charge in [-0.3, -0.25) is 4.68 Å². The molecule has 1 heterocycles. The van der Waals surface area contributed by atoms with Crippen molar-refractivity contribution in [3.8, 4) is 0 Å². The average molecular weight is 320 g/mol. The summed E-state index contributed by atoms with van der Waals surface area (Å²) in [6.07, 6.45) is -0.459. The maximum Gasteiger partial charge on any atom is 0.407 e. The zero-order chi connectivity index (χ0) is 13.8. The Hall–Kier alpha value is -1.08. The van der Waals surface area contributed by atoms with E-state index in [2.05, 4.69) is 26.3 Å². The second kappa shape index (κ2) is 6.19. The molecule has 7 heteroatoms. The lowest BCUT2D eigenvalue weighted by Crippen LogP contribution is -2.34. The maximum atomic E-state index is 11.4. The zero-order valence-electron chi connectivity index (χ0n) is 10.7.